The number of alkyl halides is 3. The molecule has 3 heterocycles. The van der Waals surface area contributed by atoms with E-state index in [1.54, 1.807) is 0 Å². The molecule has 0 aliphatic carbocycles. The first-order valence-corrected chi connectivity index (χ1v) is 11.4. The Hall–Kier alpha value is -3.94. The summed E-state index contributed by atoms with van der Waals surface area (Å²) in [5.74, 6) is 0. The van der Waals surface area contributed by atoms with Crippen LogP contribution in [-0.4, -0.2) is 38.0 Å². The topological polar surface area (TPSA) is 83.5 Å². The minimum Gasteiger partial charge on any atom is -0.348 e. The van der Waals surface area contributed by atoms with Gasteiger partial charge in [-0.3, -0.25) is 9.55 Å². The van der Waals surface area contributed by atoms with Gasteiger partial charge in [-0.25, -0.2) is 4.79 Å². The third-order valence-electron chi connectivity index (χ3n) is 6.25. The van der Waals surface area contributed by atoms with Crippen molar-refractivity contribution in [2.45, 2.75) is 19.1 Å². The number of rotatable bonds is 7. The van der Waals surface area contributed by atoms with E-state index in [-0.39, 0.29) is 24.6 Å². The maximum absolute atomic E-state index is 13.2. The predicted molar refractivity (Wildman–Crippen MR) is 139 cm³/mol. The lowest BCUT2D eigenvalue weighted by Crippen LogP contribution is -2.29. The molecule has 0 radical (unpaired) electrons. The molecule has 0 amide bonds. The normalized spacial score (nSPS) is 11.6. The largest absolute Gasteiger partial charge is 0.401 e. The van der Waals surface area contributed by atoms with E-state index in [0.29, 0.717) is 29.9 Å². The van der Waals surface area contributed by atoms with Gasteiger partial charge in [0.2, 0.25) is 0 Å². The summed E-state index contributed by atoms with van der Waals surface area (Å²) in [5, 5.41) is 14.0. The van der Waals surface area contributed by atoms with Gasteiger partial charge in [0.15, 0.2) is 0 Å². The van der Waals surface area contributed by atoms with Gasteiger partial charge in [-0.2, -0.15) is 18.4 Å². The van der Waals surface area contributed by atoms with Crippen molar-refractivity contribution >= 4 is 34.2 Å². The van der Waals surface area contributed by atoms with Gasteiger partial charge < -0.3 is 14.5 Å². The number of H-pyrrole nitrogens is 1. The lowest BCUT2D eigenvalue weighted by molar-refractivity contribution is -0.124. The molecular weight excluding hydrogens is 505 g/mol. The minimum atomic E-state index is -4.25. The highest BCUT2D eigenvalue weighted by molar-refractivity contribution is 5.98. The number of imidazole rings is 1. The number of nitrogens with zero attached hydrogens (tertiary/aromatic N) is 4. The third kappa shape index (κ3) is 4.88. The van der Waals surface area contributed by atoms with Crippen LogP contribution in [0.3, 0.4) is 0 Å². The first-order valence-electron chi connectivity index (χ1n) is 11.4. The van der Waals surface area contributed by atoms with Gasteiger partial charge in [-0.15, -0.1) is 12.4 Å². The number of nitriles is 1. The average molecular weight is 529 g/mol. The fourth-order valence-corrected chi connectivity index (χ4v) is 4.72. The summed E-state index contributed by atoms with van der Waals surface area (Å²) >= 11 is 0. The maximum Gasteiger partial charge on any atom is 0.401 e. The van der Waals surface area contributed by atoms with Crippen LogP contribution in [0.4, 0.5) is 13.2 Å². The molecule has 3 aromatic heterocycles. The van der Waals surface area contributed by atoms with Crippen LogP contribution in [0.1, 0.15) is 12.1 Å². The number of halogens is 4. The molecule has 0 saturated heterocycles. The highest BCUT2D eigenvalue weighted by Gasteiger charge is 2.26. The summed E-state index contributed by atoms with van der Waals surface area (Å²) in [6, 6.07) is 17.4. The third-order valence-corrected chi connectivity index (χ3v) is 6.25. The van der Waals surface area contributed by atoms with Crippen LogP contribution in [-0.2, 0) is 13.6 Å². The Kier molecular flexibility index (Phi) is 7.21. The molecule has 5 rings (SSSR count). The van der Waals surface area contributed by atoms with Crippen LogP contribution in [0.5, 0.6) is 0 Å². The van der Waals surface area contributed by atoms with Crippen molar-refractivity contribution in [3.8, 4) is 23.0 Å². The highest BCUT2D eigenvalue weighted by atomic mass is 35.5. The van der Waals surface area contributed by atoms with Gasteiger partial charge in [0.05, 0.1) is 17.9 Å². The quantitative estimate of drug-likeness (QED) is 0.288. The van der Waals surface area contributed by atoms with Crippen molar-refractivity contribution in [2.75, 3.05) is 13.1 Å². The Morgan fingerprint density at radius 2 is 1.70 bits per heavy atom. The molecule has 192 valence electrons. The second-order valence-electron chi connectivity index (χ2n) is 8.64. The summed E-state index contributed by atoms with van der Waals surface area (Å²) in [4.78, 5) is 15.8. The first-order chi connectivity index (χ1) is 17.3. The number of fused-ring (bicyclic) bond motifs is 2. The zero-order valence-corrected chi connectivity index (χ0v) is 20.7. The summed E-state index contributed by atoms with van der Waals surface area (Å²) in [5.41, 5.74) is 3.32. The molecule has 0 aliphatic heterocycles. The minimum absolute atomic E-state index is 0. The Labute approximate surface area is 216 Å². The SMILES string of the molecule is Cl.Cn1cc(-n2c(-c3cn(CCCNCC(F)(F)F)c4ccccc34)c(C#N)[nH]c2=O)c2ccccc21. The van der Waals surface area contributed by atoms with Gasteiger partial charge in [0, 0.05) is 53.4 Å². The molecule has 0 bridgehead atoms. The molecule has 5 aromatic rings. The molecule has 0 saturated carbocycles. The van der Waals surface area contributed by atoms with Gasteiger partial charge in [0.1, 0.15) is 11.8 Å². The maximum atomic E-state index is 13.2. The van der Waals surface area contributed by atoms with Gasteiger partial charge in [-0.05, 0) is 25.1 Å². The number of nitrogens with one attached hydrogen (secondary N) is 2. The van der Waals surface area contributed by atoms with E-state index in [1.807, 2.05) is 77.1 Å². The summed E-state index contributed by atoms with van der Waals surface area (Å²) in [6.07, 6.45) is -0.0568. The zero-order valence-electron chi connectivity index (χ0n) is 19.8. The fourth-order valence-electron chi connectivity index (χ4n) is 4.72. The van der Waals surface area contributed by atoms with Crippen LogP contribution in [0.2, 0.25) is 0 Å². The molecule has 2 aromatic carbocycles. The highest BCUT2D eigenvalue weighted by Crippen LogP contribution is 2.35. The van der Waals surface area contributed by atoms with E-state index in [4.69, 9.17) is 0 Å². The Morgan fingerprint density at radius 3 is 2.41 bits per heavy atom. The van der Waals surface area contributed by atoms with E-state index < -0.39 is 18.4 Å². The van der Waals surface area contributed by atoms with E-state index in [1.165, 1.54) is 4.57 Å². The fraction of sp³-hybridized carbons (Fsp3) is 0.231. The molecule has 0 spiro atoms. The molecule has 0 aliphatic rings. The molecule has 11 heteroatoms. The second-order valence-corrected chi connectivity index (χ2v) is 8.64. The van der Waals surface area contributed by atoms with E-state index in [2.05, 4.69) is 16.4 Å². The molecule has 0 fully saturated rings. The molecule has 0 atom stereocenters. The van der Waals surface area contributed by atoms with Crippen LogP contribution in [0, 0.1) is 11.3 Å². The molecular formula is C26H24ClF3N6O. The second kappa shape index (κ2) is 10.2. The van der Waals surface area contributed by atoms with E-state index in [0.717, 1.165) is 21.8 Å². The summed E-state index contributed by atoms with van der Waals surface area (Å²) in [7, 11) is 1.90. The van der Waals surface area contributed by atoms with Crippen LogP contribution in [0.25, 0.3) is 38.8 Å². The van der Waals surface area contributed by atoms with Crippen molar-refractivity contribution in [1.29, 1.82) is 5.26 Å². The van der Waals surface area contributed by atoms with Crippen molar-refractivity contribution in [1.82, 2.24) is 24.0 Å². The number of hydrogen-bond donors (Lipinski definition) is 2. The van der Waals surface area contributed by atoms with Crippen LogP contribution in [0.15, 0.2) is 65.7 Å². The van der Waals surface area contributed by atoms with Crippen molar-refractivity contribution in [2.24, 2.45) is 7.05 Å². The van der Waals surface area contributed by atoms with Crippen LogP contribution < -0.4 is 11.0 Å². The molecule has 37 heavy (non-hydrogen) atoms. The number of para-hydroxylation sites is 2. The monoisotopic (exact) mass is 528 g/mol. The Morgan fingerprint density at radius 1 is 1.03 bits per heavy atom. The van der Waals surface area contributed by atoms with E-state index >= 15 is 0 Å². The van der Waals surface area contributed by atoms with E-state index in [9.17, 15) is 23.2 Å². The molecule has 2 N–H and O–H groups in total. The molecule has 0 unspecified atom stereocenters. The summed E-state index contributed by atoms with van der Waals surface area (Å²) in [6.45, 7) is -0.358. The number of aryl methyl sites for hydroxylation is 2. The number of benzene rings is 2. The lowest BCUT2D eigenvalue weighted by Gasteiger charge is -2.09. The van der Waals surface area contributed by atoms with Gasteiger partial charge in [-0.1, -0.05) is 36.4 Å². The molecule has 7 nitrogen and oxygen atoms in total. The standard InChI is InChI=1S/C26H23F3N6O.ClH/c1-33-15-23(18-8-3-4-9-21(18)33)35-24(20(13-30)32-25(35)36)19-14-34(22-10-5-2-7-17(19)22)12-6-11-31-16-26(27,28)29;/h2-5,7-10,14-15,31H,6,11-12,16H2,1H3,(H,32,36);1H. The van der Waals surface area contributed by atoms with Gasteiger partial charge in [0.25, 0.3) is 0 Å². The smallest absolute Gasteiger partial charge is 0.348 e. The Balaban J connectivity index is 0.00000320. The number of hydrogen-bond acceptors (Lipinski definition) is 3. The van der Waals surface area contributed by atoms with Crippen molar-refractivity contribution in [3.63, 3.8) is 0 Å². The first kappa shape index (κ1) is 26.1. The Bertz CT molecular complexity index is 1670. The number of aromatic nitrogens is 4. The lowest BCUT2D eigenvalue weighted by atomic mass is 10.1. The van der Waals surface area contributed by atoms with Crippen molar-refractivity contribution < 1.29 is 13.2 Å². The van der Waals surface area contributed by atoms with Gasteiger partial charge >= 0.3 is 11.9 Å². The summed E-state index contributed by atoms with van der Waals surface area (Å²) < 4.78 is 42.7. The zero-order chi connectivity index (χ0) is 25.4. The number of aromatic amines is 1. The van der Waals surface area contributed by atoms with Crippen molar-refractivity contribution in [3.05, 3.63) is 77.1 Å². The van der Waals surface area contributed by atoms with Crippen LogP contribution >= 0.6 is 12.4 Å². The predicted octanol–water partition coefficient (Wildman–Crippen LogP) is 5.11. The average Bonchev–Trinajstić information content (AvgIpc) is 3.49.